The second kappa shape index (κ2) is 22.7. The molecule has 0 atom stereocenters. The van der Waals surface area contributed by atoms with Crippen molar-refractivity contribution in [2.75, 3.05) is 0 Å². The van der Waals surface area contributed by atoms with Crippen LogP contribution in [0.1, 0.15) is 81.6 Å². The highest BCUT2D eigenvalue weighted by Gasteiger charge is 2.01. The Balaban J connectivity index is -0.0000000941. The maximum Gasteiger partial charge on any atom is -0.0417 e. The first-order valence-electron chi connectivity index (χ1n) is 5.35. The van der Waals surface area contributed by atoms with E-state index in [1.807, 2.05) is 13.8 Å². The van der Waals surface area contributed by atoms with Crippen LogP contribution in [0.15, 0.2) is 0 Å². The van der Waals surface area contributed by atoms with Crippen LogP contribution < -0.4 is 0 Å². The van der Waals surface area contributed by atoms with E-state index in [1.165, 1.54) is 32.1 Å². The molecule has 0 aromatic rings. The molecule has 0 heterocycles. The average molecular weight is 190 g/mol. The van der Waals surface area contributed by atoms with Gasteiger partial charge in [-0.25, -0.2) is 0 Å². The molecule has 0 rings (SSSR count). The average Bonchev–Trinajstić information content (AvgIpc) is 2.08. The molecule has 0 heteroatoms. The van der Waals surface area contributed by atoms with Crippen molar-refractivity contribution in [3.05, 3.63) is 0 Å². The van der Waals surface area contributed by atoms with Crippen LogP contribution in [0, 0.1) is 5.92 Å². The summed E-state index contributed by atoms with van der Waals surface area (Å²) in [6.45, 7) is 10.9. The monoisotopic (exact) mass is 190 g/mol. The molecule has 0 aliphatic carbocycles. The minimum atomic E-state index is 0. The summed E-state index contributed by atoms with van der Waals surface area (Å²) in [4.78, 5) is 0. The van der Waals surface area contributed by atoms with Gasteiger partial charge in [-0.15, -0.1) is 0 Å². The Hall–Kier alpha value is 0. The Morgan fingerprint density at radius 1 is 0.769 bits per heavy atom. The van der Waals surface area contributed by atoms with Gasteiger partial charge in [0.25, 0.3) is 0 Å². The van der Waals surface area contributed by atoms with Gasteiger partial charge in [-0.3, -0.25) is 0 Å². The van der Waals surface area contributed by atoms with E-state index >= 15 is 0 Å². The third kappa shape index (κ3) is 18.8. The summed E-state index contributed by atoms with van der Waals surface area (Å²) in [6.07, 6.45) is 6.97. The number of rotatable bonds is 5. The van der Waals surface area contributed by atoms with Gasteiger partial charge in [0, 0.05) is 0 Å². The van der Waals surface area contributed by atoms with E-state index in [9.17, 15) is 0 Å². The van der Waals surface area contributed by atoms with Gasteiger partial charge in [-0.1, -0.05) is 81.6 Å². The predicted octanol–water partition coefficient (Wildman–Crippen LogP) is 5.91. The maximum atomic E-state index is 2.30. The third-order valence-electron chi connectivity index (χ3n) is 1.97. The Morgan fingerprint density at radius 3 is 1.23 bits per heavy atom. The zero-order chi connectivity index (χ0) is 9.11. The minimum Gasteiger partial charge on any atom is -0.0776 e. The summed E-state index contributed by atoms with van der Waals surface area (Å²) in [5, 5.41) is 0. The van der Waals surface area contributed by atoms with Gasteiger partial charge in [-0.2, -0.15) is 0 Å². The molecule has 0 fully saturated rings. The van der Waals surface area contributed by atoms with Gasteiger partial charge in [0.2, 0.25) is 0 Å². The Bertz CT molecular complexity index is 42.0. The number of hydrogen-bond donors (Lipinski definition) is 0. The zero-order valence-electron chi connectivity index (χ0n) is 9.11. The second-order valence-corrected chi connectivity index (χ2v) is 2.85. The zero-order valence-corrected chi connectivity index (χ0v) is 9.11. The van der Waals surface area contributed by atoms with Crippen molar-refractivity contribution in [2.24, 2.45) is 5.92 Å². The molecule has 0 aliphatic rings. The highest BCUT2D eigenvalue weighted by molar-refractivity contribution is 4.54. The maximum absolute atomic E-state index is 2.30. The van der Waals surface area contributed by atoms with Crippen molar-refractivity contribution < 1.29 is 0 Å². The normalized spacial score (nSPS) is 7.85. The molecule has 0 aromatic heterocycles. The standard InChI is InChI=1S/C9H20.C2H6.2CH4/c1-4-7-9(6-3)8-5-2;1-2;;/h9H,4-8H2,1-3H3;1-2H3;2*1H4. The lowest BCUT2D eigenvalue weighted by Gasteiger charge is -2.10. The molecule has 0 nitrogen and oxygen atoms in total. The molecule has 0 bridgehead atoms. The Labute approximate surface area is 88.1 Å². The summed E-state index contributed by atoms with van der Waals surface area (Å²) in [6, 6.07) is 0. The highest BCUT2D eigenvalue weighted by atomic mass is 14.1. The molecule has 0 unspecified atom stereocenters. The van der Waals surface area contributed by atoms with E-state index in [-0.39, 0.29) is 14.9 Å². The molecule has 0 aliphatic heterocycles. The van der Waals surface area contributed by atoms with Crippen LogP contribution in [0.25, 0.3) is 0 Å². The minimum absolute atomic E-state index is 0. The largest absolute Gasteiger partial charge is 0.0776 e. The molecule has 0 radical (unpaired) electrons. The second-order valence-electron chi connectivity index (χ2n) is 2.85. The summed E-state index contributed by atoms with van der Waals surface area (Å²) in [5.74, 6) is 1.01. The van der Waals surface area contributed by atoms with Crippen molar-refractivity contribution in [1.29, 1.82) is 0 Å². The van der Waals surface area contributed by atoms with Crippen LogP contribution in [0.3, 0.4) is 0 Å². The molecule has 0 saturated carbocycles. The van der Waals surface area contributed by atoms with Crippen LogP contribution in [0.4, 0.5) is 0 Å². The van der Waals surface area contributed by atoms with Crippen LogP contribution in [0.2, 0.25) is 0 Å². The predicted molar refractivity (Wildman–Crippen MR) is 68.4 cm³/mol. The van der Waals surface area contributed by atoms with Gasteiger partial charge in [0.05, 0.1) is 0 Å². The summed E-state index contributed by atoms with van der Waals surface area (Å²) in [7, 11) is 0. The van der Waals surface area contributed by atoms with E-state index in [0.717, 1.165) is 5.92 Å². The van der Waals surface area contributed by atoms with Crippen LogP contribution >= 0.6 is 0 Å². The number of hydrogen-bond acceptors (Lipinski definition) is 0. The first-order chi connectivity index (χ1) is 5.35. The molecule has 0 saturated heterocycles. The molecule has 0 aromatic carbocycles. The van der Waals surface area contributed by atoms with Crippen LogP contribution in [0.5, 0.6) is 0 Å². The van der Waals surface area contributed by atoms with Gasteiger partial charge in [0.15, 0.2) is 0 Å². The fraction of sp³-hybridized carbons (Fsp3) is 1.00. The molecule has 0 amide bonds. The van der Waals surface area contributed by atoms with E-state index in [0.29, 0.717) is 0 Å². The lowest BCUT2D eigenvalue weighted by molar-refractivity contribution is 0.427. The molecule has 0 N–H and O–H groups in total. The molecular weight excluding hydrogens is 156 g/mol. The SMILES string of the molecule is C.C.CC.CCCC(CC)CCC. The molecule has 0 spiro atoms. The summed E-state index contributed by atoms with van der Waals surface area (Å²) >= 11 is 0. The van der Waals surface area contributed by atoms with Gasteiger partial charge in [0.1, 0.15) is 0 Å². The van der Waals surface area contributed by atoms with Crippen LogP contribution in [-0.2, 0) is 0 Å². The van der Waals surface area contributed by atoms with Crippen molar-refractivity contribution in [2.45, 2.75) is 81.6 Å². The van der Waals surface area contributed by atoms with Crippen molar-refractivity contribution in [1.82, 2.24) is 0 Å². The van der Waals surface area contributed by atoms with E-state index in [1.54, 1.807) is 0 Å². The quantitative estimate of drug-likeness (QED) is 0.505. The fourth-order valence-electron chi connectivity index (χ4n) is 1.37. The van der Waals surface area contributed by atoms with Crippen LogP contribution in [-0.4, -0.2) is 0 Å². The topological polar surface area (TPSA) is 0 Å². The van der Waals surface area contributed by atoms with E-state index < -0.39 is 0 Å². The van der Waals surface area contributed by atoms with Crippen molar-refractivity contribution in [3.63, 3.8) is 0 Å². The van der Waals surface area contributed by atoms with Gasteiger partial charge in [-0.05, 0) is 5.92 Å². The Morgan fingerprint density at radius 2 is 1.08 bits per heavy atom. The van der Waals surface area contributed by atoms with E-state index in [4.69, 9.17) is 0 Å². The van der Waals surface area contributed by atoms with Gasteiger partial charge < -0.3 is 0 Å². The van der Waals surface area contributed by atoms with E-state index in [2.05, 4.69) is 20.8 Å². The highest BCUT2D eigenvalue weighted by Crippen LogP contribution is 2.16. The Kier molecular flexibility index (Phi) is 40.3. The van der Waals surface area contributed by atoms with Crippen molar-refractivity contribution >= 4 is 0 Å². The lowest BCUT2D eigenvalue weighted by Crippen LogP contribution is -1.96. The smallest absolute Gasteiger partial charge is 0.0417 e. The summed E-state index contributed by atoms with van der Waals surface area (Å²) in [5.41, 5.74) is 0. The molecule has 86 valence electrons. The molecule has 13 heavy (non-hydrogen) atoms. The lowest BCUT2D eigenvalue weighted by atomic mass is 9.96. The fourth-order valence-corrected chi connectivity index (χ4v) is 1.37. The van der Waals surface area contributed by atoms with Crippen molar-refractivity contribution in [3.8, 4) is 0 Å². The first kappa shape index (κ1) is 23.1. The van der Waals surface area contributed by atoms with Gasteiger partial charge >= 0.3 is 0 Å². The first-order valence-corrected chi connectivity index (χ1v) is 5.35. The third-order valence-corrected chi connectivity index (χ3v) is 1.97. The summed E-state index contributed by atoms with van der Waals surface area (Å²) < 4.78 is 0. The molecular formula is C13H34.